The lowest BCUT2D eigenvalue weighted by Crippen LogP contribution is -2.27. The molecule has 0 aromatic heterocycles. The first-order valence-corrected chi connectivity index (χ1v) is 11.7. The zero-order valence-electron chi connectivity index (χ0n) is 17.8. The summed E-state index contributed by atoms with van der Waals surface area (Å²) in [6.07, 6.45) is 4.01. The Balaban J connectivity index is 1.95. The molecule has 3 rings (SSSR count). The van der Waals surface area contributed by atoms with Crippen molar-refractivity contribution < 1.29 is 19.1 Å². The predicted octanol–water partition coefficient (Wildman–Crippen LogP) is 6.76. The highest BCUT2D eigenvalue weighted by atomic mass is 35.5. The van der Waals surface area contributed by atoms with E-state index in [1.165, 1.54) is 4.90 Å². The molecule has 0 saturated carbocycles. The minimum atomic E-state index is -0.286. The summed E-state index contributed by atoms with van der Waals surface area (Å²) in [4.78, 5) is 26.1. The summed E-state index contributed by atoms with van der Waals surface area (Å²) in [5.41, 5.74) is 2.46. The predicted molar refractivity (Wildman–Crippen MR) is 131 cm³/mol. The van der Waals surface area contributed by atoms with Crippen LogP contribution in [0.3, 0.4) is 0 Å². The summed E-state index contributed by atoms with van der Waals surface area (Å²) in [6.45, 7) is 8.54. The molecule has 2 aromatic rings. The Labute approximate surface area is 202 Å². The van der Waals surface area contributed by atoms with Crippen molar-refractivity contribution in [2.75, 3.05) is 13.2 Å². The molecule has 1 aliphatic rings. The average Bonchev–Trinajstić information content (AvgIpc) is 3.02. The summed E-state index contributed by atoms with van der Waals surface area (Å²) in [6, 6.07) is 9.05. The molecular formula is C24H23Cl2NO4S. The number of thioether (sulfide) groups is 1. The van der Waals surface area contributed by atoms with Crippen LogP contribution in [0.15, 0.2) is 47.9 Å². The number of imide groups is 1. The van der Waals surface area contributed by atoms with Gasteiger partial charge in [-0.3, -0.25) is 14.5 Å². The molecule has 1 aliphatic heterocycles. The van der Waals surface area contributed by atoms with Crippen LogP contribution in [0, 0.1) is 0 Å². The first kappa shape index (κ1) is 24.2. The maximum Gasteiger partial charge on any atom is 0.293 e. The van der Waals surface area contributed by atoms with Gasteiger partial charge < -0.3 is 9.47 Å². The van der Waals surface area contributed by atoms with Gasteiger partial charge in [-0.2, -0.15) is 0 Å². The Morgan fingerprint density at radius 2 is 1.88 bits per heavy atom. The van der Waals surface area contributed by atoms with Crippen molar-refractivity contribution in [3.05, 3.63) is 74.6 Å². The molecule has 5 nitrogen and oxygen atoms in total. The van der Waals surface area contributed by atoms with Crippen LogP contribution in [0.4, 0.5) is 4.79 Å². The van der Waals surface area contributed by atoms with E-state index < -0.39 is 0 Å². The minimum Gasteiger partial charge on any atom is -0.490 e. The van der Waals surface area contributed by atoms with Crippen molar-refractivity contribution in [1.29, 1.82) is 0 Å². The van der Waals surface area contributed by atoms with Crippen LogP contribution in [0.5, 0.6) is 11.5 Å². The van der Waals surface area contributed by atoms with Crippen LogP contribution in [0.2, 0.25) is 10.0 Å². The third-order valence-corrected chi connectivity index (χ3v) is 6.32. The van der Waals surface area contributed by atoms with Gasteiger partial charge in [-0.15, -0.1) is 6.58 Å². The van der Waals surface area contributed by atoms with Gasteiger partial charge in [0.05, 0.1) is 21.6 Å². The van der Waals surface area contributed by atoms with Gasteiger partial charge in [0.1, 0.15) is 6.61 Å². The molecule has 32 heavy (non-hydrogen) atoms. The molecule has 0 bridgehead atoms. The summed E-state index contributed by atoms with van der Waals surface area (Å²) < 4.78 is 12.0. The van der Waals surface area contributed by atoms with Gasteiger partial charge in [-0.05, 0) is 73.5 Å². The van der Waals surface area contributed by atoms with Gasteiger partial charge in [0, 0.05) is 12.1 Å². The van der Waals surface area contributed by atoms with E-state index in [1.54, 1.807) is 37.3 Å². The average molecular weight is 492 g/mol. The molecule has 1 saturated heterocycles. The second-order valence-electron chi connectivity index (χ2n) is 6.90. The number of carbonyl (C=O) groups is 2. The number of hydrogen-bond acceptors (Lipinski definition) is 5. The zero-order chi connectivity index (χ0) is 23.3. The fraction of sp³-hybridized carbons (Fsp3) is 0.250. The molecule has 0 atom stereocenters. The number of halogens is 2. The highest BCUT2D eigenvalue weighted by Crippen LogP contribution is 2.38. The van der Waals surface area contributed by atoms with Gasteiger partial charge in [0.15, 0.2) is 11.5 Å². The number of rotatable bonds is 9. The first-order valence-electron chi connectivity index (χ1n) is 10.1. The number of benzene rings is 2. The SMILES string of the molecule is C=CCc1cc(/C=C2/SC(=O)N(CC)C2=O)cc(OCC)c1OCc1ccc(Cl)c(Cl)c1. The van der Waals surface area contributed by atoms with E-state index in [0.717, 1.165) is 28.5 Å². The number of likely N-dealkylation sites (N-methyl/N-ethyl adjacent to an activating group) is 1. The molecule has 2 amide bonds. The standard InChI is InChI=1S/C24H23Cl2NO4S/c1-4-7-17-10-16(13-21-23(28)27(5-2)24(29)32-21)12-20(30-6-3)22(17)31-14-15-8-9-18(25)19(26)11-15/h4,8-13H,1,5-7,14H2,2-3H3/b21-13+. The van der Waals surface area contributed by atoms with E-state index in [4.69, 9.17) is 32.7 Å². The van der Waals surface area contributed by atoms with Gasteiger partial charge in [0.25, 0.3) is 11.1 Å². The van der Waals surface area contributed by atoms with Crippen LogP contribution in [0.25, 0.3) is 6.08 Å². The summed E-state index contributed by atoms with van der Waals surface area (Å²) in [5.74, 6) is 0.857. The smallest absolute Gasteiger partial charge is 0.293 e. The number of allylic oxidation sites excluding steroid dienone is 1. The van der Waals surface area contributed by atoms with E-state index in [0.29, 0.717) is 46.0 Å². The molecule has 0 spiro atoms. The molecular weight excluding hydrogens is 469 g/mol. The number of amides is 2. The molecule has 168 valence electrons. The zero-order valence-corrected chi connectivity index (χ0v) is 20.1. The van der Waals surface area contributed by atoms with Crippen molar-refractivity contribution in [2.24, 2.45) is 0 Å². The van der Waals surface area contributed by atoms with Crippen LogP contribution in [0.1, 0.15) is 30.5 Å². The number of carbonyl (C=O) groups excluding carboxylic acids is 2. The molecule has 1 fully saturated rings. The monoisotopic (exact) mass is 491 g/mol. The third kappa shape index (κ3) is 5.49. The Morgan fingerprint density at radius 3 is 2.50 bits per heavy atom. The second-order valence-corrected chi connectivity index (χ2v) is 8.70. The van der Waals surface area contributed by atoms with Crippen molar-refractivity contribution in [3.8, 4) is 11.5 Å². The second kappa shape index (κ2) is 10.9. The van der Waals surface area contributed by atoms with Crippen LogP contribution in [-0.2, 0) is 17.8 Å². The van der Waals surface area contributed by atoms with Gasteiger partial charge in [0.2, 0.25) is 0 Å². The Kier molecular flexibility index (Phi) is 8.29. The fourth-order valence-electron chi connectivity index (χ4n) is 3.21. The van der Waals surface area contributed by atoms with Crippen LogP contribution >= 0.6 is 35.0 Å². The molecule has 1 heterocycles. The number of hydrogen-bond donors (Lipinski definition) is 0. The summed E-state index contributed by atoms with van der Waals surface area (Å²) in [5, 5.41) is 0.678. The summed E-state index contributed by atoms with van der Waals surface area (Å²) >= 11 is 13.0. The van der Waals surface area contributed by atoms with E-state index in [1.807, 2.05) is 19.1 Å². The maximum absolute atomic E-state index is 12.5. The van der Waals surface area contributed by atoms with E-state index in [-0.39, 0.29) is 17.8 Å². The molecule has 8 heteroatoms. The third-order valence-electron chi connectivity index (χ3n) is 4.67. The van der Waals surface area contributed by atoms with Crippen molar-refractivity contribution in [3.63, 3.8) is 0 Å². The first-order chi connectivity index (χ1) is 15.4. The van der Waals surface area contributed by atoms with Crippen molar-refractivity contribution >= 4 is 52.2 Å². The quantitative estimate of drug-likeness (QED) is 0.286. The maximum atomic E-state index is 12.5. The normalized spacial score (nSPS) is 14.9. The molecule has 2 aromatic carbocycles. The molecule has 0 unspecified atom stereocenters. The summed E-state index contributed by atoms with van der Waals surface area (Å²) in [7, 11) is 0. The lowest BCUT2D eigenvalue weighted by atomic mass is 10.0. The van der Waals surface area contributed by atoms with E-state index in [9.17, 15) is 9.59 Å². The van der Waals surface area contributed by atoms with Crippen LogP contribution < -0.4 is 9.47 Å². The highest BCUT2D eigenvalue weighted by molar-refractivity contribution is 8.18. The Bertz CT molecular complexity index is 1080. The Morgan fingerprint density at radius 1 is 1.09 bits per heavy atom. The molecule has 0 aliphatic carbocycles. The minimum absolute atomic E-state index is 0.262. The van der Waals surface area contributed by atoms with Crippen molar-refractivity contribution in [1.82, 2.24) is 4.90 Å². The lowest BCUT2D eigenvalue weighted by molar-refractivity contribution is -0.122. The lowest BCUT2D eigenvalue weighted by Gasteiger charge is -2.17. The van der Waals surface area contributed by atoms with Crippen molar-refractivity contribution in [2.45, 2.75) is 26.9 Å². The molecule has 0 N–H and O–H groups in total. The van der Waals surface area contributed by atoms with Gasteiger partial charge in [-0.1, -0.05) is 35.3 Å². The Hall–Kier alpha value is -2.41. The molecule has 0 radical (unpaired) electrons. The van der Waals surface area contributed by atoms with E-state index >= 15 is 0 Å². The van der Waals surface area contributed by atoms with Gasteiger partial charge >= 0.3 is 0 Å². The van der Waals surface area contributed by atoms with E-state index in [2.05, 4.69) is 6.58 Å². The van der Waals surface area contributed by atoms with Crippen LogP contribution in [-0.4, -0.2) is 29.2 Å². The highest BCUT2D eigenvalue weighted by Gasteiger charge is 2.33. The largest absolute Gasteiger partial charge is 0.490 e. The van der Waals surface area contributed by atoms with Gasteiger partial charge in [-0.25, -0.2) is 0 Å². The topological polar surface area (TPSA) is 55.8 Å². The fourth-order valence-corrected chi connectivity index (χ4v) is 4.43. The number of nitrogens with zero attached hydrogens (tertiary/aromatic N) is 1. The number of ether oxygens (including phenoxy) is 2.